The molecule has 1 N–H and O–H groups in total. The zero-order valence-corrected chi connectivity index (χ0v) is 16.5. The Bertz CT molecular complexity index is 856. The van der Waals surface area contributed by atoms with Crippen LogP contribution in [0.25, 0.3) is 6.08 Å². The molecular formula is C22H25NO5. The smallest absolute Gasteiger partial charge is 0.262 e. The summed E-state index contributed by atoms with van der Waals surface area (Å²) in [5.74, 6) is 0.751. The minimum Gasteiger partial charge on any atom is -0.508 e. The van der Waals surface area contributed by atoms with Gasteiger partial charge < -0.3 is 19.5 Å². The van der Waals surface area contributed by atoms with Crippen molar-refractivity contribution in [1.29, 1.82) is 0 Å². The first-order valence-electron chi connectivity index (χ1n) is 8.98. The molecular weight excluding hydrogens is 358 g/mol. The van der Waals surface area contributed by atoms with Crippen LogP contribution in [0.1, 0.15) is 29.8 Å². The third-order valence-corrected chi connectivity index (χ3v) is 3.94. The van der Waals surface area contributed by atoms with Crippen LogP contribution in [0.15, 0.2) is 48.5 Å². The molecule has 0 unspecified atom stereocenters. The molecule has 148 valence electrons. The lowest BCUT2D eigenvalue weighted by Crippen LogP contribution is -2.35. The van der Waals surface area contributed by atoms with Crippen LogP contribution in [0.5, 0.6) is 17.2 Å². The number of nitrogens with zero attached hydrogens (tertiary/aromatic N) is 1. The van der Waals surface area contributed by atoms with Gasteiger partial charge in [-0.3, -0.25) is 9.59 Å². The molecule has 6 heteroatoms. The molecule has 0 aliphatic heterocycles. The molecule has 0 saturated carbocycles. The Morgan fingerprint density at radius 1 is 1.11 bits per heavy atom. The Hall–Kier alpha value is -3.28. The van der Waals surface area contributed by atoms with E-state index >= 15 is 0 Å². The Balaban J connectivity index is 2.17. The first-order chi connectivity index (χ1) is 13.3. The molecule has 28 heavy (non-hydrogen) atoms. The van der Waals surface area contributed by atoms with E-state index in [1.165, 1.54) is 23.1 Å². The van der Waals surface area contributed by atoms with Gasteiger partial charge in [0.2, 0.25) is 0 Å². The molecule has 2 rings (SSSR count). The number of ether oxygens (including phenoxy) is 2. The number of hydrogen-bond donors (Lipinski definition) is 1. The number of phenolic OH excluding ortho intramolecular Hbond substituents is 1. The van der Waals surface area contributed by atoms with Gasteiger partial charge in [-0.15, -0.1) is 0 Å². The van der Waals surface area contributed by atoms with Crippen molar-refractivity contribution in [2.75, 3.05) is 20.7 Å². The monoisotopic (exact) mass is 383 g/mol. The van der Waals surface area contributed by atoms with E-state index in [0.717, 1.165) is 5.56 Å². The Kier molecular flexibility index (Phi) is 7.21. The highest BCUT2D eigenvalue weighted by molar-refractivity contribution is 6.06. The minimum atomic E-state index is -0.647. The number of benzene rings is 2. The van der Waals surface area contributed by atoms with Crippen LogP contribution in [0.2, 0.25) is 0 Å². The summed E-state index contributed by atoms with van der Waals surface area (Å²) in [6.45, 7) is 3.98. The van der Waals surface area contributed by atoms with Crippen LogP contribution in [-0.2, 0) is 4.79 Å². The molecule has 0 aliphatic carbocycles. The van der Waals surface area contributed by atoms with E-state index in [1.54, 1.807) is 57.4 Å². The minimum absolute atomic E-state index is 0.111. The SMILES string of the molecule is CCOc1cc(/C=C/C(=O)c2ccc(O)cc2)ccc1O[C@@H](C)C(=O)N(C)C. The second-order valence-corrected chi connectivity index (χ2v) is 6.38. The van der Waals surface area contributed by atoms with E-state index in [-0.39, 0.29) is 17.4 Å². The van der Waals surface area contributed by atoms with Crippen LogP contribution >= 0.6 is 0 Å². The van der Waals surface area contributed by atoms with Crippen LogP contribution < -0.4 is 9.47 Å². The van der Waals surface area contributed by atoms with Gasteiger partial charge in [-0.05, 0) is 61.9 Å². The van der Waals surface area contributed by atoms with Gasteiger partial charge >= 0.3 is 0 Å². The molecule has 0 saturated heterocycles. The van der Waals surface area contributed by atoms with Crippen LogP contribution in [0, 0.1) is 0 Å². The molecule has 0 fully saturated rings. The number of allylic oxidation sites excluding steroid dienone is 1. The van der Waals surface area contributed by atoms with Gasteiger partial charge in [0, 0.05) is 19.7 Å². The average Bonchev–Trinajstić information content (AvgIpc) is 2.67. The Labute approximate surface area is 165 Å². The highest BCUT2D eigenvalue weighted by Gasteiger charge is 2.18. The molecule has 2 aromatic carbocycles. The molecule has 0 radical (unpaired) electrons. The third-order valence-electron chi connectivity index (χ3n) is 3.94. The van der Waals surface area contributed by atoms with Crippen molar-refractivity contribution in [3.8, 4) is 17.2 Å². The number of carbonyl (C=O) groups excluding carboxylic acids is 2. The summed E-state index contributed by atoms with van der Waals surface area (Å²) in [5.41, 5.74) is 1.24. The zero-order chi connectivity index (χ0) is 20.7. The van der Waals surface area contributed by atoms with Crippen molar-refractivity contribution >= 4 is 17.8 Å². The van der Waals surface area contributed by atoms with E-state index in [2.05, 4.69) is 0 Å². The van der Waals surface area contributed by atoms with Gasteiger partial charge in [0.05, 0.1) is 6.61 Å². The number of aromatic hydroxyl groups is 1. The van der Waals surface area contributed by atoms with Crippen molar-refractivity contribution in [3.63, 3.8) is 0 Å². The van der Waals surface area contributed by atoms with E-state index in [1.807, 2.05) is 6.92 Å². The lowest BCUT2D eigenvalue weighted by molar-refractivity contribution is -0.135. The second-order valence-electron chi connectivity index (χ2n) is 6.38. The quantitative estimate of drug-likeness (QED) is 0.557. The number of amides is 1. The van der Waals surface area contributed by atoms with E-state index in [9.17, 15) is 14.7 Å². The van der Waals surface area contributed by atoms with Gasteiger partial charge in [-0.2, -0.15) is 0 Å². The average molecular weight is 383 g/mol. The maximum Gasteiger partial charge on any atom is 0.262 e. The van der Waals surface area contributed by atoms with Crippen molar-refractivity contribution in [2.24, 2.45) is 0 Å². The van der Waals surface area contributed by atoms with E-state index in [0.29, 0.717) is 23.7 Å². The van der Waals surface area contributed by atoms with Gasteiger partial charge in [0.25, 0.3) is 5.91 Å². The van der Waals surface area contributed by atoms with Crippen molar-refractivity contribution in [2.45, 2.75) is 20.0 Å². The molecule has 1 amide bonds. The number of rotatable bonds is 8. The van der Waals surface area contributed by atoms with Crippen LogP contribution in [-0.4, -0.2) is 48.5 Å². The normalized spacial score (nSPS) is 11.9. The summed E-state index contributed by atoms with van der Waals surface area (Å²) >= 11 is 0. The fraction of sp³-hybridized carbons (Fsp3) is 0.273. The number of phenols is 1. The first kappa shape index (κ1) is 21.0. The molecule has 2 aromatic rings. The first-order valence-corrected chi connectivity index (χ1v) is 8.98. The summed E-state index contributed by atoms with van der Waals surface area (Å²) in [7, 11) is 3.34. The molecule has 0 heterocycles. The lowest BCUT2D eigenvalue weighted by Gasteiger charge is -2.20. The standard InChI is InChI=1S/C22H25NO5/c1-5-27-21-14-16(6-12-19(25)17-8-10-18(24)11-9-17)7-13-20(21)28-15(2)22(26)23(3)4/h6-15,24H,5H2,1-4H3/b12-6+/t15-/m0/s1. The highest BCUT2D eigenvalue weighted by atomic mass is 16.5. The van der Waals surface area contributed by atoms with E-state index < -0.39 is 6.10 Å². The summed E-state index contributed by atoms with van der Waals surface area (Å²) < 4.78 is 11.4. The second kappa shape index (κ2) is 9.60. The Morgan fingerprint density at radius 2 is 1.79 bits per heavy atom. The van der Waals surface area contributed by atoms with Crippen molar-refractivity contribution in [1.82, 2.24) is 4.90 Å². The largest absolute Gasteiger partial charge is 0.508 e. The molecule has 0 aliphatic rings. The van der Waals surface area contributed by atoms with Crippen LogP contribution in [0.3, 0.4) is 0 Å². The number of ketones is 1. The summed E-state index contributed by atoms with van der Waals surface area (Å²) in [6, 6.07) is 11.3. The number of likely N-dealkylation sites (N-methyl/N-ethyl adjacent to an activating group) is 1. The van der Waals surface area contributed by atoms with Gasteiger partial charge in [-0.25, -0.2) is 0 Å². The van der Waals surface area contributed by atoms with Gasteiger partial charge in [-0.1, -0.05) is 12.1 Å². The molecule has 6 nitrogen and oxygen atoms in total. The summed E-state index contributed by atoms with van der Waals surface area (Å²) in [5, 5.41) is 9.30. The predicted octanol–water partition coefficient (Wildman–Crippen LogP) is 3.54. The van der Waals surface area contributed by atoms with Gasteiger partial charge in [0.1, 0.15) is 5.75 Å². The van der Waals surface area contributed by atoms with E-state index in [4.69, 9.17) is 9.47 Å². The predicted molar refractivity (Wildman–Crippen MR) is 108 cm³/mol. The van der Waals surface area contributed by atoms with Crippen molar-refractivity contribution in [3.05, 3.63) is 59.7 Å². The molecule has 1 atom stereocenters. The maximum absolute atomic E-state index is 12.2. The number of hydrogen-bond acceptors (Lipinski definition) is 5. The highest BCUT2D eigenvalue weighted by Crippen LogP contribution is 2.30. The maximum atomic E-state index is 12.2. The zero-order valence-electron chi connectivity index (χ0n) is 16.5. The third kappa shape index (κ3) is 5.61. The molecule has 0 spiro atoms. The summed E-state index contributed by atoms with van der Waals surface area (Å²) in [4.78, 5) is 25.7. The van der Waals surface area contributed by atoms with Crippen molar-refractivity contribution < 1.29 is 24.2 Å². The molecule has 0 bridgehead atoms. The molecule has 0 aromatic heterocycles. The summed E-state index contributed by atoms with van der Waals surface area (Å²) in [6.07, 6.45) is 2.48. The van der Waals surface area contributed by atoms with Gasteiger partial charge in [0.15, 0.2) is 23.4 Å². The lowest BCUT2D eigenvalue weighted by atomic mass is 10.1. The fourth-order valence-electron chi connectivity index (χ4n) is 2.49. The van der Waals surface area contributed by atoms with Crippen LogP contribution in [0.4, 0.5) is 0 Å². The topological polar surface area (TPSA) is 76.1 Å². The number of carbonyl (C=O) groups is 2. The fourth-order valence-corrected chi connectivity index (χ4v) is 2.49. The Morgan fingerprint density at radius 3 is 2.39 bits per heavy atom.